The van der Waals surface area contributed by atoms with Gasteiger partial charge in [0.05, 0.1) is 16.5 Å². The first-order chi connectivity index (χ1) is 11.8. The molecule has 1 aromatic carbocycles. The van der Waals surface area contributed by atoms with Crippen LogP contribution in [0.25, 0.3) is 0 Å². The van der Waals surface area contributed by atoms with Crippen LogP contribution in [0.4, 0.5) is 5.69 Å². The molecule has 1 heterocycles. The Balaban J connectivity index is 2.55. The van der Waals surface area contributed by atoms with Crippen molar-refractivity contribution in [3.63, 3.8) is 0 Å². The van der Waals surface area contributed by atoms with Crippen LogP contribution in [0.1, 0.15) is 32.4 Å². The Labute approximate surface area is 156 Å². The second-order valence-electron chi connectivity index (χ2n) is 5.52. The van der Waals surface area contributed by atoms with Gasteiger partial charge in [0.15, 0.2) is 5.11 Å². The van der Waals surface area contributed by atoms with Gasteiger partial charge in [-0.3, -0.25) is 14.9 Å². The number of halogens is 1. The fraction of sp³-hybridized carbons (Fsp3) is 0.375. The molecular formula is C16H19ClN4O3S. The first kappa shape index (κ1) is 19.1. The molecule has 0 fully saturated rings. The standard InChI is InChI=1S/C16H19ClN4O3S/c1-4-20(5-2)15(22)13-9(3)18-16(25)19-14(13)10-6-7-11(17)12(8-10)21(23)24/h6-8,14H,4-5H2,1-3H3,(H2,18,19,25). The van der Waals surface area contributed by atoms with Crippen LogP contribution >= 0.6 is 23.8 Å². The predicted octanol–water partition coefficient (Wildman–Crippen LogP) is 2.91. The van der Waals surface area contributed by atoms with Crippen molar-refractivity contribution in [3.05, 3.63) is 50.2 Å². The number of thiocarbonyl (C=S) groups is 1. The fourth-order valence-electron chi connectivity index (χ4n) is 2.76. The van der Waals surface area contributed by atoms with E-state index in [1.807, 2.05) is 13.8 Å². The molecule has 1 aliphatic rings. The van der Waals surface area contributed by atoms with E-state index in [1.54, 1.807) is 17.9 Å². The van der Waals surface area contributed by atoms with Gasteiger partial charge in [0.25, 0.3) is 11.6 Å². The second kappa shape index (κ2) is 7.79. The number of amides is 1. The minimum absolute atomic E-state index is 0.0441. The molecule has 0 radical (unpaired) electrons. The normalized spacial score (nSPS) is 17.0. The van der Waals surface area contributed by atoms with Gasteiger partial charge in [-0.15, -0.1) is 0 Å². The molecule has 7 nitrogen and oxygen atoms in total. The Morgan fingerprint density at radius 2 is 2.04 bits per heavy atom. The summed E-state index contributed by atoms with van der Waals surface area (Å²) in [6.45, 7) is 6.68. The molecule has 2 rings (SSSR count). The highest BCUT2D eigenvalue weighted by Crippen LogP contribution is 2.33. The number of hydrogen-bond acceptors (Lipinski definition) is 4. The van der Waals surface area contributed by atoms with E-state index in [0.717, 1.165) is 0 Å². The predicted molar refractivity (Wildman–Crippen MR) is 100 cm³/mol. The summed E-state index contributed by atoms with van der Waals surface area (Å²) < 4.78 is 0. The third kappa shape index (κ3) is 3.91. The van der Waals surface area contributed by atoms with Crippen molar-refractivity contribution in [1.29, 1.82) is 0 Å². The van der Waals surface area contributed by atoms with E-state index in [9.17, 15) is 14.9 Å². The van der Waals surface area contributed by atoms with Gasteiger partial charge in [0, 0.05) is 24.9 Å². The van der Waals surface area contributed by atoms with Crippen LogP contribution in [0.5, 0.6) is 0 Å². The van der Waals surface area contributed by atoms with Crippen LogP contribution in [0, 0.1) is 10.1 Å². The van der Waals surface area contributed by atoms with E-state index >= 15 is 0 Å². The summed E-state index contributed by atoms with van der Waals surface area (Å²) >= 11 is 11.1. The maximum atomic E-state index is 12.9. The first-order valence-electron chi connectivity index (χ1n) is 7.81. The lowest BCUT2D eigenvalue weighted by atomic mass is 9.94. The number of benzene rings is 1. The number of likely N-dealkylation sites (N-methyl/N-ethyl adjacent to an activating group) is 1. The third-order valence-corrected chi connectivity index (χ3v) is 4.59. The summed E-state index contributed by atoms with van der Waals surface area (Å²) in [6.07, 6.45) is 0. The van der Waals surface area contributed by atoms with Gasteiger partial charge in [0.1, 0.15) is 5.02 Å². The zero-order chi connectivity index (χ0) is 18.7. The van der Waals surface area contributed by atoms with Crippen LogP contribution in [0.3, 0.4) is 0 Å². The Bertz CT molecular complexity index is 762. The zero-order valence-electron chi connectivity index (χ0n) is 14.1. The maximum absolute atomic E-state index is 12.9. The molecule has 134 valence electrons. The number of carbonyl (C=O) groups is 1. The molecule has 0 aliphatic carbocycles. The van der Waals surface area contributed by atoms with E-state index in [0.29, 0.717) is 35.0 Å². The molecule has 9 heteroatoms. The monoisotopic (exact) mass is 382 g/mol. The fourth-order valence-corrected chi connectivity index (χ4v) is 3.22. The van der Waals surface area contributed by atoms with E-state index < -0.39 is 11.0 Å². The summed E-state index contributed by atoms with van der Waals surface area (Å²) in [4.78, 5) is 25.2. The molecule has 1 aromatic rings. The Hall–Kier alpha value is -2.19. The van der Waals surface area contributed by atoms with Gasteiger partial charge in [-0.1, -0.05) is 17.7 Å². The molecular weight excluding hydrogens is 364 g/mol. The second-order valence-corrected chi connectivity index (χ2v) is 6.33. The number of allylic oxidation sites excluding steroid dienone is 1. The lowest BCUT2D eigenvalue weighted by Crippen LogP contribution is -2.47. The maximum Gasteiger partial charge on any atom is 0.288 e. The SMILES string of the molecule is CCN(CC)C(=O)C1=C(C)NC(=S)NC1c1ccc(Cl)c([N+](=O)[O-])c1. The van der Waals surface area contributed by atoms with Crippen molar-refractivity contribution in [2.24, 2.45) is 0 Å². The van der Waals surface area contributed by atoms with Crippen LogP contribution < -0.4 is 10.6 Å². The van der Waals surface area contributed by atoms with Crippen molar-refractivity contribution >= 4 is 40.5 Å². The first-order valence-corrected chi connectivity index (χ1v) is 8.60. The van der Waals surface area contributed by atoms with Gasteiger partial charge in [-0.25, -0.2) is 0 Å². The van der Waals surface area contributed by atoms with Crippen molar-refractivity contribution in [2.45, 2.75) is 26.8 Å². The van der Waals surface area contributed by atoms with Crippen LogP contribution in [-0.4, -0.2) is 33.9 Å². The summed E-state index contributed by atoms with van der Waals surface area (Å²) in [5, 5.41) is 17.6. The van der Waals surface area contributed by atoms with Gasteiger partial charge >= 0.3 is 0 Å². The number of nitro groups is 1. The number of rotatable bonds is 5. The molecule has 2 N–H and O–H groups in total. The van der Waals surface area contributed by atoms with E-state index in [4.69, 9.17) is 23.8 Å². The van der Waals surface area contributed by atoms with E-state index in [2.05, 4.69) is 10.6 Å². The molecule has 1 aliphatic heterocycles. The lowest BCUT2D eigenvalue weighted by molar-refractivity contribution is -0.384. The quantitative estimate of drug-likeness (QED) is 0.462. The van der Waals surface area contributed by atoms with E-state index in [1.165, 1.54) is 12.1 Å². The highest BCUT2D eigenvalue weighted by Gasteiger charge is 2.32. The largest absolute Gasteiger partial charge is 0.351 e. The average Bonchev–Trinajstić information content (AvgIpc) is 2.55. The van der Waals surface area contributed by atoms with Gasteiger partial charge in [-0.05, 0) is 44.6 Å². The minimum atomic E-state index is -0.585. The highest BCUT2D eigenvalue weighted by atomic mass is 35.5. The molecule has 0 aromatic heterocycles. The van der Waals surface area contributed by atoms with Gasteiger partial charge in [-0.2, -0.15) is 0 Å². The van der Waals surface area contributed by atoms with Crippen LogP contribution in [-0.2, 0) is 4.79 Å². The summed E-state index contributed by atoms with van der Waals surface area (Å²) in [5.74, 6) is -0.146. The molecule has 0 bridgehead atoms. The molecule has 1 unspecified atom stereocenters. The van der Waals surface area contributed by atoms with Crippen molar-refractivity contribution in [1.82, 2.24) is 15.5 Å². The highest BCUT2D eigenvalue weighted by molar-refractivity contribution is 7.80. The van der Waals surface area contributed by atoms with Gasteiger partial charge < -0.3 is 15.5 Å². The van der Waals surface area contributed by atoms with Gasteiger partial charge in [0.2, 0.25) is 0 Å². The number of nitro benzene ring substituents is 1. The summed E-state index contributed by atoms with van der Waals surface area (Å²) in [7, 11) is 0. The van der Waals surface area contributed by atoms with E-state index in [-0.39, 0.29) is 16.6 Å². The molecule has 25 heavy (non-hydrogen) atoms. The molecule has 0 spiro atoms. The average molecular weight is 383 g/mol. The molecule has 1 amide bonds. The van der Waals surface area contributed by atoms with Crippen molar-refractivity contribution in [2.75, 3.05) is 13.1 Å². The van der Waals surface area contributed by atoms with Crippen LogP contribution in [0.2, 0.25) is 5.02 Å². The molecule has 0 saturated carbocycles. The van der Waals surface area contributed by atoms with Crippen molar-refractivity contribution < 1.29 is 9.72 Å². The Morgan fingerprint density at radius 3 is 2.60 bits per heavy atom. The number of hydrogen-bond donors (Lipinski definition) is 2. The summed E-state index contributed by atoms with van der Waals surface area (Å²) in [6, 6.07) is 3.90. The number of carbonyl (C=O) groups excluding carboxylic acids is 1. The third-order valence-electron chi connectivity index (χ3n) is 4.05. The minimum Gasteiger partial charge on any atom is -0.351 e. The topological polar surface area (TPSA) is 87.5 Å². The number of nitrogens with one attached hydrogen (secondary N) is 2. The molecule has 1 atom stereocenters. The molecule has 0 saturated heterocycles. The van der Waals surface area contributed by atoms with Crippen LogP contribution in [0.15, 0.2) is 29.5 Å². The Morgan fingerprint density at radius 1 is 1.40 bits per heavy atom. The zero-order valence-corrected chi connectivity index (χ0v) is 15.7. The van der Waals surface area contributed by atoms with Crippen molar-refractivity contribution in [3.8, 4) is 0 Å². The summed E-state index contributed by atoms with van der Waals surface area (Å²) in [5.41, 5.74) is 1.45. The smallest absolute Gasteiger partial charge is 0.288 e. The Kier molecular flexibility index (Phi) is 5.97. The number of nitrogens with zero attached hydrogens (tertiary/aromatic N) is 2. The lowest BCUT2D eigenvalue weighted by Gasteiger charge is -2.33.